The molecule has 0 bridgehead atoms. The van der Waals surface area contributed by atoms with Crippen LogP contribution < -0.4 is 15.2 Å². The van der Waals surface area contributed by atoms with Gasteiger partial charge in [-0.15, -0.1) is 0 Å². The highest BCUT2D eigenvalue weighted by molar-refractivity contribution is 5.49. The van der Waals surface area contributed by atoms with Gasteiger partial charge in [0.15, 0.2) is 11.5 Å². The van der Waals surface area contributed by atoms with E-state index in [1.807, 2.05) is 0 Å². The smallest absolute Gasteiger partial charge is 0.161 e. The molecular formula is C14H21NO2. The van der Waals surface area contributed by atoms with E-state index in [9.17, 15) is 0 Å². The molecule has 2 rings (SSSR count). The third kappa shape index (κ3) is 2.39. The van der Waals surface area contributed by atoms with Gasteiger partial charge in [-0.25, -0.2) is 0 Å². The number of benzene rings is 1. The molecule has 0 radical (unpaired) electrons. The summed E-state index contributed by atoms with van der Waals surface area (Å²) in [6, 6.07) is 4.18. The Balaban J connectivity index is 2.41. The third-order valence-corrected chi connectivity index (χ3v) is 3.39. The summed E-state index contributed by atoms with van der Waals surface area (Å²) < 4.78 is 11.2. The first-order chi connectivity index (χ1) is 8.04. The molecule has 2 N–H and O–H groups in total. The van der Waals surface area contributed by atoms with Gasteiger partial charge in [0, 0.05) is 0 Å². The van der Waals surface area contributed by atoms with Gasteiger partial charge in [-0.3, -0.25) is 0 Å². The summed E-state index contributed by atoms with van der Waals surface area (Å²) in [4.78, 5) is 0. The summed E-state index contributed by atoms with van der Waals surface area (Å²) >= 11 is 0. The lowest BCUT2D eigenvalue weighted by Crippen LogP contribution is -2.24. The number of fused-ring (bicyclic) bond motifs is 1. The topological polar surface area (TPSA) is 44.5 Å². The predicted molar refractivity (Wildman–Crippen MR) is 68.9 cm³/mol. The Bertz CT molecular complexity index is 413. The van der Waals surface area contributed by atoms with E-state index < -0.39 is 0 Å². The predicted octanol–water partition coefficient (Wildman–Crippen LogP) is 2.39. The summed E-state index contributed by atoms with van der Waals surface area (Å²) in [6.07, 6.45) is 0.966. The van der Waals surface area contributed by atoms with Gasteiger partial charge >= 0.3 is 0 Å². The summed E-state index contributed by atoms with van der Waals surface area (Å²) in [6.45, 7) is 8.52. The van der Waals surface area contributed by atoms with Crippen LogP contribution in [0.1, 0.15) is 31.4 Å². The lowest BCUT2D eigenvalue weighted by Gasteiger charge is -2.29. The lowest BCUT2D eigenvalue weighted by atomic mass is 9.79. The zero-order valence-corrected chi connectivity index (χ0v) is 10.9. The van der Waals surface area contributed by atoms with Gasteiger partial charge in [-0.2, -0.15) is 0 Å². The Hall–Kier alpha value is -1.22. The van der Waals surface area contributed by atoms with Gasteiger partial charge < -0.3 is 15.2 Å². The van der Waals surface area contributed by atoms with Crippen molar-refractivity contribution in [1.82, 2.24) is 0 Å². The van der Waals surface area contributed by atoms with Gasteiger partial charge in [0.25, 0.3) is 0 Å². The van der Waals surface area contributed by atoms with E-state index in [-0.39, 0.29) is 5.41 Å². The van der Waals surface area contributed by atoms with Gasteiger partial charge in [0.05, 0.1) is 0 Å². The van der Waals surface area contributed by atoms with Crippen molar-refractivity contribution >= 4 is 0 Å². The molecule has 1 aliphatic rings. The van der Waals surface area contributed by atoms with Crippen molar-refractivity contribution < 1.29 is 9.47 Å². The number of hydrogen-bond donors (Lipinski definition) is 1. The van der Waals surface area contributed by atoms with Crippen LogP contribution in [0.15, 0.2) is 12.1 Å². The number of rotatable bonds is 3. The highest BCUT2D eigenvalue weighted by atomic mass is 16.6. The van der Waals surface area contributed by atoms with Gasteiger partial charge in [-0.05, 0) is 48.6 Å². The average Bonchev–Trinajstić information content (AvgIpc) is 2.27. The standard InChI is InChI=1S/C14H21NO2/c1-10-8-12-13(17-7-6-16-12)9-11(10)14(2,3)4-5-15/h8-9H,4-7,15H2,1-3H3. The molecule has 1 aliphatic heterocycles. The summed E-state index contributed by atoms with van der Waals surface area (Å²) in [5.74, 6) is 1.72. The molecule has 0 fully saturated rings. The monoisotopic (exact) mass is 235 g/mol. The van der Waals surface area contributed by atoms with Crippen LogP contribution in [0.5, 0.6) is 11.5 Å². The number of nitrogens with two attached hydrogens (primary N) is 1. The second-order valence-corrected chi connectivity index (χ2v) is 5.23. The van der Waals surface area contributed by atoms with E-state index in [0.29, 0.717) is 19.8 Å². The molecule has 0 spiro atoms. The first-order valence-electron chi connectivity index (χ1n) is 6.15. The Morgan fingerprint density at radius 1 is 1.18 bits per heavy atom. The van der Waals surface area contributed by atoms with E-state index >= 15 is 0 Å². The van der Waals surface area contributed by atoms with Crippen LogP contribution in [0.2, 0.25) is 0 Å². The average molecular weight is 235 g/mol. The van der Waals surface area contributed by atoms with Crippen LogP contribution in [0.4, 0.5) is 0 Å². The van der Waals surface area contributed by atoms with Crippen molar-refractivity contribution in [2.45, 2.75) is 32.6 Å². The van der Waals surface area contributed by atoms with Crippen molar-refractivity contribution in [3.8, 4) is 11.5 Å². The zero-order valence-electron chi connectivity index (χ0n) is 10.9. The van der Waals surface area contributed by atoms with E-state index in [0.717, 1.165) is 17.9 Å². The van der Waals surface area contributed by atoms with Crippen LogP contribution in [-0.2, 0) is 5.41 Å². The van der Waals surface area contributed by atoms with Gasteiger partial charge in [0.2, 0.25) is 0 Å². The maximum absolute atomic E-state index is 5.68. The molecule has 17 heavy (non-hydrogen) atoms. The second-order valence-electron chi connectivity index (χ2n) is 5.23. The van der Waals surface area contributed by atoms with Crippen LogP contribution in [-0.4, -0.2) is 19.8 Å². The Morgan fingerprint density at radius 2 is 1.76 bits per heavy atom. The van der Waals surface area contributed by atoms with Crippen molar-refractivity contribution in [2.75, 3.05) is 19.8 Å². The number of hydrogen-bond acceptors (Lipinski definition) is 3. The van der Waals surface area contributed by atoms with Gasteiger partial charge in [-0.1, -0.05) is 13.8 Å². The van der Waals surface area contributed by atoms with Gasteiger partial charge in [0.1, 0.15) is 13.2 Å². The molecule has 1 aromatic carbocycles. The first-order valence-corrected chi connectivity index (χ1v) is 6.15. The maximum Gasteiger partial charge on any atom is 0.161 e. The van der Waals surface area contributed by atoms with Crippen molar-refractivity contribution in [1.29, 1.82) is 0 Å². The van der Waals surface area contributed by atoms with E-state index in [4.69, 9.17) is 15.2 Å². The molecule has 0 unspecified atom stereocenters. The molecule has 0 amide bonds. The normalized spacial score (nSPS) is 14.8. The minimum Gasteiger partial charge on any atom is -0.486 e. The van der Waals surface area contributed by atoms with Crippen LogP contribution >= 0.6 is 0 Å². The van der Waals surface area contributed by atoms with Crippen molar-refractivity contribution in [3.63, 3.8) is 0 Å². The molecule has 1 aromatic rings. The van der Waals surface area contributed by atoms with Crippen molar-refractivity contribution in [3.05, 3.63) is 23.3 Å². The van der Waals surface area contributed by atoms with Crippen LogP contribution in [0, 0.1) is 6.92 Å². The summed E-state index contributed by atoms with van der Waals surface area (Å²) in [7, 11) is 0. The highest BCUT2D eigenvalue weighted by Crippen LogP contribution is 2.38. The van der Waals surface area contributed by atoms with E-state index in [2.05, 4.69) is 32.9 Å². The minimum atomic E-state index is 0.0780. The minimum absolute atomic E-state index is 0.0780. The zero-order chi connectivity index (χ0) is 12.5. The van der Waals surface area contributed by atoms with E-state index in [1.165, 1.54) is 11.1 Å². The number of ether oxygens (including phenoxy) is 2. The largest absolute Gasteiger partial charge is 0.486 e. The first kappa shape index (κ1) is 12.2. The quantitative estimate of drug-likeness (QED) is 0.875. The molecule has 3 heteroatoms. The fraction of sp³-hybridized carbons (Fsp3) is 0.571. The molecule has 0 aliphatic carbocycles. The molecule has 3 nitrogen and oxygen atoms in total. The molecular weight excluding hydrogens is 214 g/mol. The van der Waals surface area contributed by atoms with E-state index in [1.54, 1.807) is 0 Å². The molecule has 0 aromatic heterocycles. The Kier molecular flexibility index (Phi) is 3.29. The van der Waals surface area contributed by atoms with Crippen molar-refractivity contribution in [2.24, 2.45) is 5.73 Å². The SMILES string of the molecule is Cc1cc2c(cc1C(C)(C)CCN)OCCO2. The van der Waals surface area contributed by atoms with Crippen LogP contribution in [0.3, 0.4) is 0 Å². The molecule has 94 valence electrons. The molecule has 0 atom stereocenters. The maximum atomic E-state index is 5.68. The highest BCUT2D eigenvalue weighted by Gasteiger charge is 2.24. The molecule has 1 heterocycles. The number of aryl methyl sites for hydroxylation is 1. The molecule has 0 saturated carbocycles. The van der Waals surface area contributed by atoms with Crippen LogP contribution in [0.25, 0.3) is 0 Å². The Morgan fingerprint density at radius 3 is 2.35 bits per heavy atom. The molecule has 0 saturated heterocycles. The fourth-order valence-corrected chi connectivity index (χ4v) is 2.42. The second kappa shape index (κ2) is 4.57. The fourth-order valence-electron chi connectivity index (χ4n) is 2.42. The Labute approximate surface area is 103 Å². The summed E-state index contributed by atoms with van der Waals surface area (Å²) in [5, 5.41) is 0. The third-order valence-electron chi connectivity index (χ3n) is 3.39. The summed E-state index contributed by atoms with van der Waals surface area (Å²) in [5.41, 5.74) is 8.30. The lowest BCUT2D eigenvalue weighted by molar-refractivity contribution is 0.171.